The summed E-state index contributed by atoms with van der Waals surface area (Å²) in [6, 6.07) is 10.6. The lowest BCUT2D eigenvalue weighted by molar-refractivity contribution is 0.263. The smallest absolute Gasteiger partial charge is 0.299 e. The van der Waals surface area contributed by atoms with Crippen LogP contribution >= 0.6 is 11.3 Å². The van der Waals surface area contributed by atoms with Crippen LogP contribution in [0.4, 0.5) is 5.13 Å². The minimum Gasteiger partial charge on any atom is -0.465 e. The van der Waals surface area contributed by atoms with Crippen molar-refractivity contribution < 1.29 is 4.74 Å². The number of hydrogen-bond donors (Lipinski definition) is 0. The van der Waals surface area contributed by atoms with Crippen LogP contribution in [-0.2, 0) is 4.74 Å². The minimum atomic E-state index is -0.119. The molecule has 2 aromatic rings. The maximum absolute atomic E-state index is 9.17. The summed E-state index contributed by atoms with van der Waals surface area (Å²) in [5.74, 6) is 0. The molecule has 2 heterocycles. The second kappa shape index (κ2) is 8.10. The number of nitrogens with zero attached hydrogens (tertiary/aromatic N) is 5. The number of ether oxygens (including phenoxy) is 1. The van der Waals surface area contributed by atoms with Crippen molar-refractivity contribution in [2.75, 3.05) is 32.1 Å². The number of nitriles is 1. The van der Waals surface area contributed by atoms with Gasteiger partial charge in [0.05, 0.1) is 35.4 Å². The molecule has 0 bridgehead atoms. The Morgan fingerprint density at radius 1 is 1.36 bits per heavy atom. The van der Waals surface area contributed by atoms with E-state index in [1.165, 1.54) is 0 Å². The fourth-order valence-electron chi connectivity index (χ4n) is 2.59. The topological polar surface area (TPSA) is 64.8 Å². The van der Waals surface area contributed by atoms with Crippen LogP contribution in [0.3, 0.4) is 0 Å². The molecule has 1 aliphatic rings. The normalized spacial score (nSPS) is 17.0. The lowest BCUT2D eigenvalue weighted by Crippen LogP contribution is -2.42. The number of aliphatic imine (C=N–C) groups is 1. The number of rotatable bonds is 6. The highest BCUT2D eigenvalue weighted by molar-refractivity contribution is 7.22. The van der Waals surface area contributed by atoms with E-state index in [0.29, 0.717) is 19.0 Å². The van der Waals surface area contributed by atoms with Crippen molar-refractivity contribution in [3.8, 4) is 6.07 Å². The number of thiazole rings is 1. The predicted octanol–water partition coefficient (Wildman–Crippen LogP) is 3.24. The third-order valence-corrected chi connectivity index (χ3v) is 4.84. The first-order valence-electron chi connectivity index (χ1n) is 8.23. The molecule has 0 radical (unpaired) electrons. The maximum Gasteiger partial charge on any atom is 0.299 e. The molecular weight excluding hydrogens is 334 g/mol. The molecule has 1 aliphatic heterocycles. The second-order valence-electron chi connectivity index (χ2n) is 6.02. The van der Waals surface area contributed by atoms with Crippen molar-refractivity contribution in [3.05, 3.63) is 36.5 Å². The highest BCUT2D eigenvalue weighted by Gasteiger charge is 2.28. The van der Waals surface area contributed by atoms with Crippen LogP contribution in [0.5, 0.6) is 0 Å². The maximum atomic E-state index is 9.17. The lowest BCUT2D eigenvalue weighted by atomic mass is 10.2. The van der Waals surface area contributed by atoms with Crippen molar-refractivity contribution in [2.45, 2.75) is 18.9 Å². The molecule has 0 amide bonds. The van der Waals surface area contributed by atoms with E-state index < -0.39 is 0 Å². The predicted molar refractivity (Wildman–Crippen MR) is 102 cm³/mol. The van der Waals surface area contributed by atoms with Gasteiger partial charge in [-0.15, -0.1) is 0 Å². The van der Waals surface area contributed by atoms with Gasteiger partial charge in [0.2, 0.25) is 0 Å². The van der Waals surface area contributed by atoms with Crippen molar-refractivity contribution in [1.82, 2.24) is 9.88 Å². The number of anilines is 1. The summed E-state index contributed by atoms with van der Waals surface area (Å²) in [5.41, 5.74) is 0.944. The van der Waals surface area contributed by atoms with Gasteiger partial charge in [-0.3, -0.25) is 4.90 Å². The van der Waals surface area contributed by atoms with Crippen molar-refractivity contribution in [3.63, 3.8) is 0 Å². The van der Waals surface area contributed by atoms with E-state index in [4.69, 9.17) is 9.72 Å². The molecule has 25 heavy (non-hydrogen) atoms. The van der Waals surface area contributed by atoms with Gasteiger partial charge in [-0.05, 0) is 38.7 Å². The van der Waals surface area contributed by atoms with Gasteiger partial charge < -0.3 is 9.64 Å². The fraction of sp³-hybridized carbons (Fsp3) is 0.389. The molecule has 1 unspecified atom stereocenters. The van der Waals surface area contributed by atoms with Crippen LogP contribution in [0.25, 0.3) is 10.2 Å². The Hall–Kier alpha value is -2.43. The highest BCUT2D eigenvalue weighted by atomic mass is 32.1. The molecule has 0 fully saturated rings. The van der Waals surface area contributed by atoms with Crippen molar-refractivity contribution >= 4 is 32.7 Å². The van der Waals surface area contributed by atoms with E-state index in [1.54, 1.807) is 17.5 Å². The monoisotopic (exact) mass is 355 g/mol. The van der Waals surface area contributed by atoms with Gasteiger partial charge in [0.1, 0.15) is 0 Å². The summed E-state index contributed by atoms with van der Waals surface area (Å²) in [6.45, 7) is 1.53. The van der Waals surface area contributed by atoms with E-state index in [-0.39, 0.29) is 6.04 Å². The van der Waals surface area contributed by atoms with Crippen LogP contribution in [0.2, 0.25) is 0 Å². The second-order valence-corrected chi connectivity index (χ2v) is 7.03. The number of para-hydroxylation sites is 1. The van der Waals surface area contributed by atoms with E-state index in [9.17, 15) is 5.26 Å². The molecule has 1 atom stereocenters. The average Bonchev–Trinajstić information content (AvgIpc) is 3.02. The van der Waals surface area contributed by atoms with Gasteiger partial charge in [0.15, 0.2) is 5.13 Å². The Labute approximate surface area is 151 Å². The number of hydrogen-bond acceptors (Lipinski definition) is 7. The molecule has 0 N–H and O–H groups in total. The van der Waals surface area contributed by atoms with E-state index in [2.05, 4.69) is 16.0 Å². The van der Waals surface area contributed by atoms with Crippen LogP contribution in [-0.4, -0.2) is 49.2 Å². The van der Waals surface area contributed by atoms with Crippen LogP contribution in [0, 0.1) is 11.3 Å². The Bertz CT molecular complexity index is 787. The standard InChI is InChI=1S/C18H21N5OS/c1-22(2)12-5-13-24-17-20-11-9-14(8-10-19)23(17)18-21-15-6-3-4-7-16(15)25-18/h3-4,6-7,9,11,14H,5,8,12-13H2,1-2H3. The molecule has 1 aromatic carbocycles. The average molecular weight is 355 g/mol. The first-order valence-corrected chi connectivity index (χ1v) is 9.04. The van der Waals surface area contributed by atoms with E-state index in [0.717, 1.165) is 28.3 Å². The summed E-state index contributed by atoms with van der Waals surface area (Å²) in [5, 5.41) is 9.97. The fourth-order valence-corrected chi connectivity index (χ4v) is 3.60. The van der Waals surface area contributed by atoms with Gasteiger partial charge in [0, 0.05) is 12.7 Å². The molecule has 0 spiro atoms. The molecule has 7 heteroatoms. The van der Waals surface area contributed by atoms with E-state index in [1.807, 2.05) is 49.3 Å². The summed E-state index contributed by atoms with van der Waals surface area (Å²) in [7, 11) is 4.08. The molecule has 130 valence electrons. The molecule has 1 aromatic heterocycles. The number of benzene rings is 1. The van der Waals surface area contributed by atoms with Crippen LogP contribution in [0.1, 0.15) is 12.8 Å². The zero-order valence-electron chi connectivity index (χ0n) is 14.4. The Morgan fingerprint density at radius 2 is 2.20 bits per heavy atom. The summed E-state index contributed by atoms with van der Waals surface area (Å²) >= 11 is 1.58. The first kappa shape index (κ1) is 17.4. The minimum absolute atomic E-state index is 0.119. The quantitative estimate of drug-likeness (QED) is 0.744. The lowest BCUT2D eigenvalue weighted by Gasteiger charge is -2.30. The number of amidine groups is 1. The van der Waals surface area contributed by atoms with Crippen LogP contribution in [0.15, 0.2) is 41.5 Å². The Morgan fingerprint density at radius 3 is 2.96 bits per heavy atom. The zero-order valence-corrected chi connectivity index (χ0v) is 15.2. The molecule has 0 saturated heterocycles. The molecule has 0 aliphatic carbocycles. The van der Waals surface area contributed by atoms with Crippen LogP contribution < -0.4 is 4.90 Å². The zero-order chi connectivity index (χ0) is 17.6. The largest absolute Gasteiger partial charge is 0.465 e. The van der Waals surface area contributed by atoms with Gasteiger partial charge in [-0.2, -0.15) is 5.26 Å². The Balaban J connectivity index is 1.83. The summed E-state index contributed by atoms with van der Waals surface area (Å²) in [6.07, 6.45) is 4.90. The number of fused-ring (bicyclic) bond motifs is 1. The van der Waals surface area contributed by atoms with Gasteiger partial charge >= 0.3 is 0 Å². The van der Waals surface area contributed by atoms with Gasteiger partial charge in [0.25, 0.3) is 6.02 Å². The summed E-state index contributed by atoms with van der Waals surface area (Å²) in [4.78, 5) is 13.2. The first-order chi connectivity index (χ1) is 12.2. The highest BCUT2D eigenvalue weighted by Crippen LogP contribution is 2.32. The SMILES string of the molecule is CN(C)CCCOC1=NC=CC(CC#N)N1c1nc2ccccc2s1. The van der Waals surface area contributed by atoms with Gasteiger partial charge in [-0.25, -0.2) is 9.98 Å². The van der Waals surface area contributed by atoms with Crippen molar-refractivity contribution in [2.24, 2.45) is 4.99 Å². The summed E-state index contributed by atoms with van der Waals surface area (Å²) < 4.78 is 7.03. The third-order valence-electron chi connectivity index (χ3n) is 3.80. The number of aromatic nitrogens is 1. The molecule has 6 nitrogen and oxygen atoms in total. The van der Waals surface area contributed by atoms with Gasteiger partial charge in [-0.1, -0.05) is 23.5 Å². The molecule has 0 saturated carbocycles. The van der Waals surface area contributed by atoms with E-state index >= 15 is 0 Å². The Kier molecular flexibility index (Phi) is 5.64. The molecule has 3 rings (SSSR count). The third kappa shape index (κ3) is 4.16. The molecular formula is C18H21N5OS. The van der Waals surface area contributed by atoms with Crippen molar-refractivity contribution in [1.29, 1.82) is 5.26 Å².